The summed E-state index contributed by atoms with van der Waals surface area (Å²) >= 11 is 3.30. The Morgan fingerprint density at radius 1 is 1.05 bits per heavy atom. The van der Waals surface area contributed by atoms with Crippen molar-refractivity contribution < 1.29 is 9.59 Å². The van der Waals surface area contributed by atoms with Crippen LogP contribution in [0.2, 0.25) is 0 Å². The fourth-order valence-corrected chi connectivity index (χ4v) is 2.38. The molecule has 0 spiro atoms. The lowest BCUT2D eigenvalue weighted by atomic mass is 9.99. The normalized spacial score (nSPS) is 14.6. The van der Waals surface area contributed by atoms with Crippen molar-refractivity contribution in [3.8, 4) is 0 Å². The summed E-state index contributed by atoms with van der Waals surface area (Å²) in [4.78, 5) is 23.4. The average Bonchev–Trinajstić information content (AvgIpc) is 2.48. The van der Waals surface area contributed by atoms with Gasteiger partial charge in [0.2, 0.25) is 0 Å². The summed E-state index contributed by atoms with van der Waals surface area (Å²) in [7, 11) is 0. The third-order valence-electron chi connectivity index (χ3n) is 3.07. The van der Waals surface area contributed by atoms with Gasteiger partial charge < -0.3 is 5.32 Å². The zero-order valence-corrected chi connectivity index (χ0v) is 12.6. The number of hydrogen-bond donors (Lipinski definition) is 2. The molecule has 2 rings (SSSR count). The number of nitrogens with one attached hydrogen (secondary N) is 2. The number of hydrogen-bond acceptors (Lipinski definition) is 3. The first-order chi connectivity index (χ1) is 9.66. The molecule has 20 heavy (non-hydrogen) atoms. The number of carbonyl (C=O) groups is 2. The number of carbonyl (C=O) groups excluding carboxylic acids is 2. The number of para-hydroxylation sites is 1. The molecule has 0 bridgehead atoms. The van der Waals surface area contributed by atoms with Crippen LogP contribution in [0.5, 0.6) is 0 Å². The molecule has 6 heteroatoms. The van der Waals surface area contributed by atoms with Crippen molar-refractivity contribution in [2.45, 2.75) is 32.1 Å². The van der Waals surface area contributed by atoms with Gasteiger partial charge in [-0.05, 0) is 53.7 Å². The maximum atomic E-state index is 11.7. The monoisotopic (exact) mass is 337 g/mol. The zero-order valence-electron chi connectivity index (χ0n) is 11.0. The summed E-state index contributed by atoms with van der Waals surface area (Å²) in [6.07, 6.45) is 5.18. The zero-order chi connectivity index (χ0) is 14.4. The second kappa shape index (κ2) is 7.19. The lowest BCUT2D eigenvalue weighted by Gasteiger charge is -2.12. The van der Waals surface area contributed by atoms with E-state index in [0.717, 1.165) is 35.9 Å². The fraction of sp³-hybridized carbons (Fsp3) is 0.357. The van der Waals surface area contributed by atoms with Crippen LogP contribution in [0.4, 0.5) is 5.69 Å². The minimum atomic E-state index is -0.751. The maximum absolute atomic E-state index is 11.7. The lowest BCUT2D eigenvalue weighted by Crippen LogP contribution is -2.33. The van der Waals surface area contributed by atoms with Gasteiger partial charge in [0.15, 0.2) is 0 Å². The van der Waals surface area contributed by atoms with Crippen molar-refractivity contribution in [3.63, 3.8) is 0 Å². The molecule has 0 unspecified atom stereocenters. The molecule has 5 nitrogen and oxygen atoms in total. The Kier molecular flexibility index (Phi) is 5.29. The molecule has 0 heterocycles. The number of anilines is 1. The lowest BCUT2D eigenvalue weighted by molar-refractivity contribution is -0.136. The standard InChI is InChI=1S/C14H16BrN3O2/c15-11-8-4-5-9-12(11)16-13(19)14(20)18-17-10-6-2-1-3-7-10/h4-5,8-9H,1-3,6-7H2,(H,16,19)(H,18,20). The van der Waals surface area contributed by atoms with E-state index in [1.807, 2.05) is 6.07 Å². The molecule has 0 aromatic heterocycles. The highest BCUT2D eigenvalue weighted by Gasteiger charge is 2.15. The largest absolute Gasteiger partial charge is 0.329 e. The highest BCUT2D eigenvalue weighted by atomic mass is 79.9. The van der Waals surface area contributed by atoms with Crippen LogP contribution in [0.3, 0.4) is 0 Å². The predicted molar refractivity (Wildman–Crippen MR) is 81.4 cm³/mol. The van der Waals surface area contributed by atoms with E-state index in [1.165, 1.54) is 6.42 Å². The van der Waals surface area contributed by atoms with Crippen LogP contribution in [-0.2, 0) is 9.59 Å². The van der Waals surface area contributed by atoms with Crippen LogP contribution < -0.4 is 10.7 Å². The Hall–Kier alpha value is -1.69. The number of nitrogens with zero attached hydrogens (tertiary/aromatic N) is 1. The number of amides is 2. The molecule has 2 N–H and O–H groups in total. The number of benzene rings is 1. The number of rotatable bonds is 2. The Labute approximate surface area is 126 Å². The predicted octanol–water partition coefficient (Wildman–Crippen LogP) is 2.82. The van der Waals surface area contributed by atoms with Gasteiger partial charge in [-0.1, -0.05) is 18.6 Å². The van der Waals surface area contributed by atoms with E-state index in [9.17, 15) is 9.59 Å². The van der Waals surface area contributed by atoms with Gasteiger partial charge in [0.25, 0.3) is 0 Å². The van der Waals surface area contributed by atoms with Crippen molar-refractivity contribution in [2.24, 2.45) is 5.10 Å². The second-order valence-corrected chi connectivity index (χ2v) is 5.47. The van der Waals surface area contributed by atoms with E-state index in [0.29, 0.717) is 5.69 Å². The summed E-state index contributed by atoms with van der Waals surface area (Å²) in [5, 5.41) is 6.54. The third kappa shape index (κ3) is 4.16. The summed E-state index contributed by atoms with van der Waals surface area (Å²) in [6, 6.07) is 7.10. The molecule has 1 saturated carbocycles. The van der Waals surface area contributed by atoms with Crippen LogP contribution in [-0.4, -0.2) is 17.5 Å². The molecular weight excluding hydrogens is 322 g/mol. The first-order valence-electron chi connectivity index (χ1n) is 6.58. The molecule has 1 aliphatic rings. The van der Waals surface area contributed by atoms with Crippen molar-refractivity contribution >= 4 is 39.1 Å². The van der Waals surface area contributed by atoms with Crippen molar-refractivity contribution in [1.29, 1.82) is 0 Å². The van der Waals surface area contributed by atoms with E-state index in [2.05, 4.69) is 31.8 Å². The molecule has 1 aromatic carbocycles. The molecule has 0 saturated heterocycles. The van der Waals surface area contributed by atoms with Gasteiger partial charge in [0, 0.05) is 10.2 Å². The van der Waals surface area contributed by atoms with E-state index >= 15 is 0 Å². The molecular formula is C14H16BrN3O2. The summed E-state index contributed by atoms with van der Waals surface area (Å²) in [6.45, 7) is 0. The highest BCUT2D eigenvalue weighted by Crippen LogP contribution is 2.20. The molecule has 106 valence electrons. The van der Waals surface area contributed by atoms with E-state index < -0.39 is 11.8 Å². The maximum Gasteiger partial charge on any atom is 0.329 e. The molecule has 1 fully saturated rings. The third-order valence-corrected chi connectivity index (χ3v) is 3.77. The van der Waals surface area contributed by atoms with Crippen LogP contribution in [0.25, 0.3) is 0 Å². The minimum absolute atomic E-state index is 0.554. The van der Waals surface area contributed by atoms with Crippen molar-refractivity contribution in [1.82, 2.24) is 5.43 Å². The van der Waals surface area contributed by atoms with E-state index in [1.54, 1.807) is 18.2 Å². The highest BCUT2D eigenvalue weighted by molar-refractivity contribution is 9.10. The first kappa shape index (κ1) is 14.7. The molecule has 2 amide bonds. The summed E-state index contributed by atoms with van der Waals surface area (Å²) < 4.78 is 0.722. The van der Waals surface area contributed by atoms with Gasteiger partial charge in [-0.2, -0.15) is 5.10 Å². The topological polar surface area (TPSA) is 70.6 Å². The van der Waals surface area contributed by atoms with Crippen LogP contribution in [0.1, 0.15) is 32.1 Å². The van der Waals surface area contributed by atoms with Gasteiger partial charge in [-0.3, -0.25) is 9.59 Å². The quantitative estimate of drug-likeness (QED) is 0.643. The second-order valence-electron chi connectivity index (χ2n) is 4.61. The molecule has 0 atom stereocenters. The van der Waals surface area contributed by atoms with Crippen LogP contribution in [0, 0.1) is 0 Å². The van der Waals surface area contributed by atoms with Gasteiger partial charge in [-0.15, -0.1) is 0 Å². The molecule has 1 aliphatic carbocycles. The molecule has 0 radical (unpaired) electrons. The van der Waals surface area contributed by atoms with E-state index in [4.69, 9.17) is 0 Å². The smallest absolute Gasteiger partial charge is 0.317 e. The van der Waals surface area contributed by atoms with E-state index in [-0.39, 0.29) is 0 Å². The first-order valence-corrected chi connectivity index (χ1v) is 7.37. The summed E-state index contributed by atoms with van der Waals surface area (Å²) in [5.74, 6) is -1.48. The molecule has 0 aliphatic heterocycles. The molecule has 1 aromatic rings. The average molecular weight is 338 g/mol. The Morgan fingerprint density at radius 2 is 1.75 bits per heavy atom. The van der Waals surface area contributed by atoms with Gasteiger partial charge in [0.1, 0.15) is 0 Å². The van der Waals surface area contributed by atoms with Crippen LogP contribution >= 0.6 is 15.9 Å². The van der Waals surface area contributed by atoms with Crippen molar-refractivity contribution in [3.05, 3.63) is 28.7 Å². The number of halogens is 1. The Bertz CT molecular complexity index is 535. The minimum Gasteiger partial charge on any atom is -0.317 e. The van der Waals surface area contributed by atoms with Crippen LogP contribution in [0.15, 0.2) is 33.8 Å². The number of hydrazone groups is 1. The van der Waals surface area contributed by atoms with Gasteiger partial charge in [-0.25, -0.2) is 5.43 Å². The Morgan fingerprint density at radius 3 is 2.45 bits per heavy atom. The van der Waals surface area contributed by atoms with Gasteiger partial charge >= 0.3 is 11.8 Å². The van der Waals surface area contributed by atoms with Gasteiger partial charge in [0.05, 0.1) is 5.69 Å². The Balaban J connectivity index is 1.89. The SMILES string of the molecule is O=C(NN=C1CCCCC1)C(=O)Nc1ccccc1Br. The summed E-state index contributed by atoms with van der Waals surface area (Å²) in [5.41, 5.74) is 3.82. The van der Waals surface area contributed by atoms with Crippen molar-refractivity contribution in [2.75, 3.05) is 5.32 Å². The fourth-order valence-electron chi connectivity index (χ4n) is 1.99.